The fraction of sp³-hybridized carbons (Fsp3) is 0.182. The van der Waals surface area contributed by atoms with Gasteiger partial charge in [-0.1, -0.05) is 11.6 Å². The van der Waals surface area contributed by atoms with Crippen molar-refractivity contribution in [1.82, 2.24) is 4.98 Å². The van der Waals surface area contributed by atoms with E-state index in [9.17, 15) is 4.79 Å². The molecule has 1 heterocycles. The number of aromatic nitrogens is 1. The molecule has 15 heavy (non-hydrogen) atoms. The molecule has 0 atom stereocenters. The number of fused-ring (bicyclic) bond motifs is 1. The molecule has 1 N–H and O–H groups in total. The van der Waals surface area contributed by atoms with Crippen molar-refractivity contribution in [2.24, 2.45) is 0 Å². The van der Waals surface area contributed by atoms with Crippen molar-refractivity contribution in [2.75, 3.05) is 0 Å². The third kappa shape index (κ3) is 1.83. The Bertz CT molecular complexity index is 531. The lowest BCUT2D eigenvalue weighted by Gasteiger charge is -2.03. The molecule has 1 aromatic carbocycles. The van der Waals surface area contributed by atoms with Gasteiger partial charge in [0.2, 0.25) is 0 Å². The molecule has 2 aromatic rings. The number of ether oxygens (including phenoxy) is 1. The zero-order valence-corrected chi connectivity index (χ0v) is 9.18. The Balaban J connectivity index is 2.66. The molecule has 0 aliphatic rings. The second kappa shape index (κ2) is 3.59. The largest absolute Gasteiger partial charge is 0.424 e. The topological polar surface area (TPSA) is 42.1 Å². The summed E-state index contributed by atoms with van der Waals surface area (Å²) in [5.41, 5.74) is 1.87. The Morgan fingerprint density at radius 1 is 1.47 bits per heavy atom. The fourth-order valence-corrected chi connectivity index (χ4v) is 1.74. The minimum atomic E-state index is -0.356. The number of aromatic amines is 1. The van der Waals surface area contributed by atoms with Crippen molar-refractivity contribution < 1.29 is 9.53 Å². The maximum atomic E-state index is 10.9. The number of benzene rings is 1. The SMILES string of the molecule is CC(=O)Oc1cc(Cl)cc2c(C)c[nH]c12. The van der Waals surface area contributed by atoms with Gasteiger partial charge in [0.25, 0.3) is 0 Å². The summed E-state index contributed by atoms with van der Waals surface area (Å²) in [7, 11) is 0. The van der Waals surface area contributed by atoms with Crippen molar-refractivity contribution in [3.05, 3.63) is 28.9 Å². The third-order valence-electron chi connectivity index (χ3n) is 2.18. The van der Waals surface area contributed by atoms with Crippen molar-refractivity contribution in [1.29, 1.82) is 0 Å². The first kappa shape index (κ1) is 10.1. The van der Waals surface area contributed by atoms with E-state index in [0.29, 0.717) is 10.8 Å². The molecule has 0 radical (unpaired) electrons. The summed E-state index contributed by atoms with van der Waals surface area (Å²) in [5.74, 6) is 0.115. The van der Waals surface area contributed by atoms with Crippen LogP contribution < -0.4 is 4.74 Å². The van der Waals surface area contributed by atoms with E-state index in [1.54, 1.807) is 6.07 Å². The van der Waals surface area contributed by atoms with Crippen LogP contribution in [0.4, 0.5) is 0 Å². The first-order valence-electron chi connectivity index (χ1n) is 4.53. The highest BCUT2D eigenvalue weighted by atomic mass is 35.5. The fourth-order valence-electron chi connectivity index (χ4n) is 1.54. The van der Waals surface area contributed by atoms with Gasteiger partial charge in [-0.25, -0.2) is 0 Å². The first-order valence-corrected chi connectivity index (χ1v) is 4.91. The number of carbonyl (C=O) groups is 1. The molecule has 0 saturated heterocycles. The maximum Gasteiger partial charge on any atom is 0.308 e. The number of hydrogen-bond donors (Lipinski definition) is 1. The molecule has 4 heteroatoms. The monoisotopic (exact) mass is 223 g/mol. The van der Waals surface area contributed by atoms with Gasteiger partial charge in [-0.2, -0.15) is 0 Å². The molecule has 78 valence electrons. The van der Waals surface area contributed by atoms with Crippen LogP contribution in [-0.4, -0.2) is 11.0 Å². The van der Waals surface area contributed by atoms with Gasteiger partial charge >= 0.3 is 5.97 Å². The molecule has 0 bridgehead atoms. The second-order valence-corrected chi connectivity index (χ2v) is 3.83. The van der Waals surface area contributed by atoms with Crippen LogP contribution in [-0.2, 0) is 4.79 Å². The zero-order chi connectivity index (χ0) is 11.0. The summed E-state index contributed by atoms with van der Waals surface area (Å²) in [6.07, 6.45) is 1.86. The first-order chi connectivity index (χ1) is 7.08. The molecule has 0 aliphatic heterocycles. The Hall–Kier alpha value is -1.48. The van der Waals surface area contributed by atoms with Crippen LogP contribution in [0.5, 0.6) is 5.75 Å². The van der Waals surface area contributed by atoms with E-state index in [1.165, 1.54) is 6.92 Å². The highest BCUT2D eigenvalue weighted by Gasteiger charge is 2.09. The van der Waals surface area contributed by atoms with Gasteiger partial charge in [-0.05, 0) is 18.6 Å². The molecule has 3 nitrogen and oxygen atoms in total. The standard InChI is InChI=1S/C11H10ClNO2/c1-6-5-13-11-9(6)3-8(12)4-10(11)15-7(2)14/h3-5,13H,1-2H3. The number of hydrogen-bond acceptors (Lipinski definition) is 2. The number of nitrogens with one attached hydrogen (secondary N) is 1. The normalized spacial score (nSPS) is 10.6. The van der Waals surface area contributed by atoms with E-state index in [-0.39, 0.29) is 5.97 Å². The number of esters is 1. The van der Waals surface area contributed by atoms with Crippen LogP contribution in [0.25, 0.3) is 10.9 Å². The van der Waals surface area contributed by atoms with E-state index < -0.39 is 0 Å². The van der Waals surface area contributed by atoms with Crippen LogP contribution in [0.2, 0.25) is 5.02 Å². The number of H-pyrrole nitrogens is 1. The van der Waals surface area contributed by atoms with E-state index >= 15 is 0 Å². The number of aryl methyl sites for hydroxylation is 1. The molecule has 0 spiro atoms. The molecule has 0 aliphatic carbocycles. The van der Waals surface area contributed by atoms with Crippen molar-refractivity contribution in [3.63, 3.8) is 0 Å². The summed E-state index contributed by atoms with van der Waals surface area (Å²) in [6, 6.07) is 3.47. The minimum Gasteiger partial charge on any atom is -0.424 e. The number of halogens is 1. The Morgan fingerprint density at radius 2 is 2.20 bits per heavy atom. The van der Waals surface area contributed by atoms with Crippen molar-refractivity contribution in [2.45, 2.75) is 13.8 Å². The summed E-state index contributed by atoms with van der Waals surface area (Å²) in [4.78, 5) is 13.9. The predicted molar refractivity (Wildman–Crippen MR) is 59.4 cm³/mol. The van der Waals surface area contributed by atoms with Crippen LogP contribution in [0.1, 0.15) is 12.5 Å². The molecule has 0 saturated carbocycles. The van der Waals surface area contributed by atoms with Gasteiger partial charge in [0.05, 0.1) is 5.52 Å². The van der Waals surface area contributed by atoms with E-state index in [0.717, 1.165) is 16.5 Å². The third-order valence-corrected chi connectivity index (χ3v) is 2.40. The molecule has 2 rings (SSSR count). The van der Waals surface area contributed by atoms with Gasteiger partial charge < -0.3 is 9.72 Å². The van der Waals surface area contributed by atoms with Crippen LogP contribution in [0, 0.1) is 6.92 Å². The van der Waals surface area contributed by atoms with Crippen LogP contribution >= 0.6 is 11.6 Å². The van der Waals surface area contributed by atoms with Gasteiger partial charge in [0, 0.05) is 29.6 Å². The summed E-state index contributed by atoms with van der Waals surface area (Å²) < 4.78 is 5.07. The lowest BCUT2D eigenvalue weighted by atomic mass is 10.2. The minimum absolute atomic E-state index is 0.356. The van der Waals surface area contributed by atoms with Gasteiger partial charge in [0.15, 0.2) is 5.75 Å². The Labute approximate surface area is 92.0 Å². The lowest BCUT2D eigenvalue weighted by molar-refractivity contribution is -0.131. The highest BCUT2D eigenvalue weighted by molar-refractivity contribution is 6.31. The van der Waals surface area contributed by atoms with E-state index in [1.807, 2.05) is 19.2 Å². The van der Waals surface area contributed by atoms with Crippen molar-refractivity contribution in [3.8, 4) is 5.75 Å². The second-order valence-electron chi connectivity index (χ2n) is 3.39. The summed E-state index contributed by atoms with van der Waals surface area (Å²) >= 11 is 5.93. The zero-order valence-electron chi connectivity index (χ0n) is 8.43. The predicted octanol–water partition coefficient (Wildman–Crippen LogP) is 3.06. The average Bonchev–Trinajstić information content (AvgIpc) is 2.47. The molecule has 1 aromatic heterocycles. The van der Waals surface area contributed by atoms with Gasteiger partial charge in [-0.15, -0.1) is 0 Å². The van der Waals surface area contributed by atoms with Gasteiger partial charge in [0.1, 0.15) is 0 Å². The summed E-state index contributed by atoms with van der Waals surface area (Å²) in [6.45, 7) is 3.33. The molecular formula is C11H10ClNO2. The lowest BCUT2D eigenvalue weighted by Crippen LogP contribution is -2.01. The number of rotatable bonds is 1. The molecule has 0 amide bonds. The van der Waals surface area contributed by atoms with Crippen LogP contribution in [0.3, 0.4) is 0 Å². The highest BCUT2D eigenvalue weighted by Crippen LogP contribution is 2.31. The Morgan fingerprint density at radius 3 is 2.87 bits per heavy atom. The van der Waals surface area contributed by atoms with E-state index in [4.69, 9.17) is 16.3 Å². The smallest absolute Gasteiger partial charge is 0.308 e. The number of carbonyl (C=O) groups excluding carboxylic acids is 1. The van der Waals surface area contributed by atoms with Gasteiger partial charge in [-0.3, -0.25) is 4.79 Å². The van der Waals surface area contributed by atoms with Crippen molar-refractivity contribution >= 4 is 28.5 Å². The van der Waals surface area contributed by atoms with Crippen LogP contribution in [0.15, 0.2) is 18.3 Å². The molecular weight excluding hydrogens is 214 g/mol. The average molecular weight is 224 g/mol. The molecule has 0 fully saturated rings. The Kier molecular flexibility index (Phi) is 2.40. The van der Waals surface area contributed by atoms with E-state index in [2.05, 4.69) is 4.98 Å². The molecule has 0 unspecified atom stereocenters. The maximum absolute atomic E-state index is 10.9. The quantitative estimate of drug-likeness (QED) is 0.596. The summed E-state index contributed by atoms with van der Waals surface area (Å²) in [5, 5.41) is 1.53.